The molecule has 22 heavy (non-hydrogen) atoms. The van der Waals surface area contributed by atoms with E-state index in [9.17, 15) is 9.90 Å². The van der Waals surface area contributed by atoms with Crippen molar-refractivity contribution in [2.75, 3.05) is 0 Å². The Balaban J connectivity index is 1.70. The highest BCUT2D eigenvalue weighted by atomic mass is 16.3. The molecule has 0 aliphatic heterocycles. The molecule has 0 aromatic heterocycles. The Morgan fingerprint density at radius 3 is 2.64 bits per heavy atom. The molecule has 4 aliphatic rings. The Hall–Kier alpha value is -0.630. The third-order valence-corrected chi connectivity index (χ3v) is 8.31. The second-order valence-electron chi connectivity index (χ2n) is 9.11. The van der Waals surface area contributed by atoms with Gasteiger partial charge in [-0.2, -0.15) is 0 Å². The van der Waals surface area contributed by atoms with Crippen LogP contribution in [0.3, 0.4) is 0 Å². The SMILES string of the molecule is CC1=CC2(C)C(CCC3C2CCC2(C)C3CC[C@@H]2O)CC1=O. The normalized spacial score (nSPS) is 54.3. The zero-order valence-corrected chi connectivity index (χ0v) is 14.3. The number of aliphatic hydroxyl groups excluding tert-OH is 1. The van der Waals surface area contributed by atoms with Crippen molar-refractivity contribution in [2.24, 2.45) is 34.5 Å². The Morgan fingerprint density at radius 1 is 1.09 bits per heavy atom. The number of hydrogen-bond donors (Lipinski definition) is 1. The second-order valence-corrected chi connectivity index (χ2v) is 9.11. The molecule has 0 saturated heterocycles. The van der Waals surface area contributed by atoms with Gasteiger partial charge in [0.25, 0.3) is 0 Å². The Kier molecular flexibility index (Phi) is 3.18. The van der Waals surface area contributed by atoms with Gasteiger partial charge in [-0.25, -0.2) is 0 Å². The maximum Gasteiger partial charge on any atom is 0.158 e. The summed E-state index contributed by atoms with van der Waals surface area (Å²) < 4.78 is 0. The van der Waals surface area contributed by atoms with Crippen LogP contribution < -0.4 is 0 Å². The first-order chi connectivity index (χ1) is 10.4. The standard InChI is InChI=1S/C20H30O2/c1-12-11-20(3)13(10-17(12)21)4-5-14-15-6-7-18(22)19(15,2)9-8-16(14)20/h11,13-16,18,22H,4-10H2,1-3H3/t13?,14?,15?,16?,18-,19?,20?/m0/s1. The molecule has 0 aromatic carbocycles. The van der Waals surface area contributed by atoms with E-state index in [-0.39, 0.29) is 16.9 Å². The van der Waals surface area contributed by atoms with E-state index < -0.39 is 0 Å². The molecule has 4 rings (SSSR count). The number of carbonyl (C=O) groups excluding carboxylic acids is 1. The van der Waals surface area contributed by atoms with Crippen LogP contribution >= 0.6 is 0 Å². The third-order valence-electron chi connectivity index (χ3n) is 8.31. The molecule has 0 radical (unpaired) electrons. The summed E-state index contributed by atoms with van der Waals surface area (Å²) in [6.07, 6.45) is 10.1. The van der Waals surface area contributed by atoms with E-state index in [1.807, 2.05) is 6.92 Å². The Labute approximate surface area is 134 Å². The van der Waals surface area contributed by atoms with Crippen molar-refractivity contribution >= 4 is 5.78 Å². The van der Waals surface area contributed by atoms with Crippen molar-refractivity contribution in [3.05, 3.63) is 11.6 Å². The molecule has 122 valence electrons. The van der Waals surface area contributed by atoms with E-state index in [4.69, 9.17) is 0 Å². The average Bonchev–Trinajstić information content (AvgIpc) is 2.77. The molecule has 6 unspecified atom stereocenters. The lowest BCUT2D eigenvalue weighted by Crippen LogP contribution is -2.53. The first kappa shape index (κ1) is 14.9. The van der Waals surface area contributed by atoms with Gasteiger partial charge in [-0.3, -0.25) is 4.79 Å². The number of hydrogen-bond acceptors (Lipinski definition) is 2. The molecular weight excluding hydrogens is 272 g/mol. The van der Waals surface area contributed by atoms with Crippen molar-refractivity contribution in [1.82, 2.24) is 0 Å². The van der Waals surface area contributed by atoms with E-state index in [2.05, 4.69) is 19.9 Å². The summed E-state index contributed by atoms with van der Waals surface area (Å²) in [4.78, 5) is 12.1. The van der Waals surface area contributed by atoms with Crippen molar-refractivity contribution in [1.29, 1.82) is 0 Å². The molecule has 3 saturated carbocycles. The van der Waals surface area contributed by atoms with Crippen LogP contribution in [0.5, 0.6) is 0 Å². The number of ketones is 1. The van der Waals surface area contributed by atoms with Gasteiger partial charge in [0.05, 0.1) is 6.10 Å². The highest BCUT2D eigenvalue weighted by Crippen LogP contribution is 2.65. The number of aliphatic hydroxyl groups is 1. The van der Waals surface area contributed by atoms with Crippen molar-refractivity contribution < 1.29 is 9.90 Å². The summed E-state index contributed by atoms with van der Waals surface area (Å²) in [6.45, 7) is 6.78. The van der Waals surface area contributed by atoms with Crippen LogP contribution in [0.4, 0.5) is 0 Å². The fraction of sp³-hybridized carbons (Fsp3) is 0.850. The summed E-state index contributed by atoms with van der Waals surface area (Å²) in [5, 5.41) is 10.5. The lowest BCUT2D eigenvalue weighted by atomic mass is 9.46. The van der Waals surface area contributed by atoms with Crippen LogP contribution in [0, 0.1) is 34.5 Å². The van der Waals surface area contributed by atoms with Gasteiger partial charge in [-0.05, 0) is 85.5 Å². The monoisotopic (exact) mass is 302 g/mol. The highest BCUT2D eigenvalue weighted by Gasteiger charge is 2.59. The van der Waals surface area contributed by atoms with E-state index in [1.165, 1.54) is 32.1 Å². The lowest BCUT2D eigenvalue weighted by molar-refractivity contribution is -0.125. The van der Waals surface area contributed by atoms with E-state index in [0.717, 1.165) is 30.3 Å². The molecule has 0 aromatic rings. The van der Waals surface area contributed by atoms with Crippen molar-refractivity contribution in [3.63, 3.8) is 0 Å². The third kappa shape index (κ3) is 1.79. The molecule has 7 atom stereocenters. The predicted molar refractivity (Wildman–Crippen MR) is 87.3 cm³/mol. The molecule has 0 spiro atoms. The van der Waals surface area contributed by atoms with Crippen LogP contribution in [0.2, 0.25) is 0 Å². The molecule has 0 bridgehead atoms. The summed E-state index contributed by atoms with van der Waals surface area (Å²) in [6, 6.07) is 0. The molecule has 3 fully saturated rings. The lowest BCUT2D eigenvalue weighted by Gasteiger charge is -2.58. The van der Waals surface area contributed by atoms with Crippen molar-refractivity contribution in [2.45, 2.75) is 71.8 Å². The minimum absolute atomic E-state index is 0.0887. The van der Waals surface area contributed by atoms with Gasteiger partial charge in [0.2, 0.25) is 0 Å². The van der Waals surface area contributed by atoms with Gasteiger partial charge < -0.3 is 5.11 Å². The van der Waals surface area contributed by atoms with E-state index >= 15 is 0 Å². The maximum absolute atomic E-state index is 12.1. The summed E-state index contributed by atoms with van der Waals surface area (Å²) in [7, 11) is 0. The van der Waals surface area contributed by atoms with E-state index in [1.54, 1.807) is 0 Å². The zero-order chi connectivity index (χ0) is 15.7. The van der Waals surface area contributed by atoms with Gasteiger partial charge in [0, 0.05) is 6.42 Å². The number of allylic oxidation sites excluding steroid dienone is 2. The highest BCUT2D eigenvalue weighted by molar-refractivity contribution is 5.96. The predicted octanol–water partition coefficient (Wildman–Crippen LogP) is 4.13. The molecule has 4 aliphatic carbocycles. The average molecular weight is 302 g/mol. The van der Waals surface area contributed by atoms with Crippen LogP contribution in [0.15, 0.2) is 11.6 Å². The van der Waals surface area contributed by atoms with Crippen LogP contribution in [0.1, 0.15) is 65.7 Å². The number of carbonyl (C=O) groups is 1. The zero-order valence-electron chi connectivity index (χ0n) is 14.3. The molecule has 0 heterocycles. The molecule has 2 heteroatoms. The second kappa shape index (κ2) is 4.69. The minimum atomic E-state index is -0.0887. The molecule has 1 N–H and O–H groups in total. The van der Waals surface area contributed by atoms with Crippen LogP contribution in [0.25, 0.3) is 0 Å². The van der Waals surface area contributed by atoms with Gasteiger partial charge in [0.1, 0.15) is 0 Å². The molecular formula is C20H30O2. The van der Waals surface area contributed by atoms with Gasteiger partial charge in [-0.1, -0.05) is 19.9 Å². The summed E-state index contributed by atoms with van der Waals surface area (Å²) in [5.41, 5.74) is 1.38. The number of fused-ring (bicyclic) bond motifs is 5. The first-order valence-corrected chi connectivity index (χ1v) is 9.27. The van der Waals surface area contributed by atoms with E-state index in [0.29, 0.717) is 17.6 Å². The molecule has 2 nitrogen and oxygen atoms in total. The minimum Gasteiger partial charge on any atom is -0.393 e. The quantitative estimate of drug-likeness (QED) is 0.730. The fourth-order valence-corrected chi connectivity index (χ4v) is 6.92. The Morgan fingerprint density at radius 2 is 1.86 bits per heavy atom. The summed E-state index contributed by atoms with van der Waals surface area (Å²) >= 11 is 0. The first-order valence-electron chi connectivity index (χ1n) is 9.27. The fourth-order valence-electron chi connectivity index (χ4n) is 6.92. The maximum atomic E-state index is 12.1. The summed E-state index contributed by atoms with van der Waals surface area (Å²) in [5.74, 6) is 3.11. The Bertz CT molecular complexity index is 536. The van der Waals surface area contributed by atoms with Crippen molar-refractivity contribution in [3.8, 4) is 0 Å². The molecule has 0 amide bonds. The largest absolute Gasteiger partial charge is 0.393 e. The number of rotatable bonds is 0. The van der Waals surface area contributed by atoms with Crippen LogP contribution in [-0.2, 0) is 4.79 Å². The topological polar surface area (TPSA) is 37.3 Å². The van der Waals surface area contributed by atoms with Crippen LogP contribution in [-0.4, -0.2) is 17.0 Å². The number of Topliss-reactive ketones (excluding diaryl/α,β-unsaturated/α-hetero) is 1. The van der Waals surface area contributed by atoms with Gasteiger partial charge >= 0.3 is 0 Å². The van der Waals surface area contributed by atoms with Gasteiger partial charge in [0.15, 0.2) is 5.78 Å². The van der Waals surface area contributed by atoms with Gasteiger partial charge in [-0.15, -0.1) is 0 Å². The smallest absolute Gasteiger partial charge is 0.158 e.